The van der Waals surface area contributed by atoms with Crippen molar-refractivity contribution in [1.29, 1.82) is 0 Å². The van der Waals surface area contributed by atoms with Crippen molar-refractivity contribution in [2.24, 2.45) is 5.92 Å². The molecular weight excluding hydrogens is 262 g/mol. The molecule has 0 bridgehead atoms. The molecule has 1 aliphatic carbocycles. The highest BCUT2D eigenvalue weighted by Gasteiger charge is 2.15. The molecule has 0 atom stereocenters. The molecule has 1 fully saturated rings. The van der Waals surface area contributed by atoms with Gasteiger partial charge in [-0.3, -0.25) is 4.79 Å². The van der Waals surface area contributed by atoms with Crippen LogP contribution in [0, 0.1) is 5.92 Å². The van der Waals surface area contributed by atoms with Crippen LogP contribution in [0.2, 0.25) is 0 Å². The van der Waals surface area contributed by atoms with Crippen LogP contribution in [0.5, 0.6) is 0 Å². The first-order valence-corrected chi connectivity index (χ1v) is 7.83. The predicted octanol–water partition coefficient (Wildman–Crippen LogP) is 3.93. The number of aromatic nitrogens is 2. The lowest BCUT2D eigenvalue weighted by molar-refractivity contribution is -0.116. The standard InChI is InChI=1S/C17H21N3O/c21-16(11-10-13-6-2-1-3-7-13)19-17-15-9-5-4-8-14(15)12-18-20-17/h4-5,8-9,12-13H,1-3,6-7,10-11H2,(H,19,20,21). The molecule has 0 saturated heterocycles. The summed E-state index contributed by atoms with van der Waals surface area (Å²) in [5.41, 5.74) is 0. The number of nitrogens with zero attached hydrogens (tertiary/aromatic N) is 2. The van der Waals surface area contributed by atoms with Crippen LogP contribution in [0.4, 0.5) is 5.82 Å². The zero-order chi connectivity index (χ0) is 14.5. The van der Waals surface area contributed by atoms with Crippen molar-refractivity contribution < 1.29 is 4.79 Å². The van der Waals surface area contributed by atoms with Crippen LogP contribution >= 0.6 is 0 Å². The second-order valence-electron chi connectivity index (χ2n) is 5.87. The molecule has 0 radical (unpaired) electrons. The fourth-order valence-electron chi connectivity index (χ4n) is 3.13. The Kier molecular flexibility index (Phi) is 4.43. The van der Waals surface area contributed by atoms with Gasteiger partial charge in [-0.25, -0.2) is 0 Å². The molecule has 21 heavy (non-hydrogen) atoms. The van der Waals surface area contributed by atoms with E-state index in [1.807, 2.05) is 24.3 Å². The molecule has 0 spiro atoms. The van der Waals surface area contributed by atoms with Gasteiger partial charge in [0.1, 0.15) is 0 Å². The van der Waals surface area contributed by atoms with Crippen LogP contribution in [-0.2, 0) is 4.79 Å². The average Bonchev–Trinajstić information content (AvgIpc) is 2.54. The van der Waals surface area contributed by atoms with Crippen LogP contribution in [0.15, 0.2) is 30.5 Å². The number of hydrogen-bond donors (Lipinski definition) is 1. The maximum Gasteiger partial charge on any atom is 0.225 e. The van der Waals surface area contributed by atoms with Crippen molar-refractivity contribution >= 4 is 22.5 Å². The van der Waals surface area contributed by atoms with Gasteiger partial charge in [0.2, 0.25) is 5.91 Å². The molecule has 1 saturated carbocycles. The number of hydrogen-bond acceptors (Lipinski definition) is 3. The Hall–Kier alpha value is -1.97. The van der Waals surface area contributed by atoms with Crippen molar-refractivity contribution in [3.05, 3.63) is 30.5 Å². The molecule has 4 heteroatoms. The van der Waals surface area contributed by atoms with Gasteiger partial charge in [-0.05, 0) is 12.3 Å². The van der Waals surface area contributed by atoms with E-state index >= 15 is 0 Å². The van der Waals surface area contributed by atoms with Gasteiger partial charge in [0.15, 0.2) is 5.82 Å². The minimum atomic E-state index is 0.0474. The highest BCUT2D eigenvalue weighted by Crippen LogP contribution is 2.27. The van der Waals surface area contributed by atoms with Crippen molar-refractivity contribution in [1.82, 2.24) is 10.2 Å². The number of benzene rings is 1. The van der Waals surface area contributed by atoms with Gasteiger partial charge in [0.25, 0.3) is 0 Å². The molecule has 110 valence electrons. The first kappa shape index (κ1) is 14.0. The van der Waals surface area contributed by atoms with Gasteiger partial charge in [0.05, 0.1) is 6.20 Å². The lowest BCUT2D eigenvalue weighted by atomic mass is 9.86. The van der Waals surface area contributed by atoms with E-state index in [1.54, 1.807) is 6.20 Å². The summed E-state index contributed by atoms with van der Waals surface area (Å²) in [6, 6.07) is 7.84. The molecule has 1 aromatic heterocycles. The minimum absolute atomic E-state index is 0.0474. The molecule has 1 N–H and O–H groups in total. The molecular formula is C17H21N3O. The van der Waals surface area contributed by atoms with Gasteiger partial charge < -0.3 is 5.32 Å². The van der Waals surface area contributed by atoms with E-state index in [2.05, 4.69) is 15.5 Å². The van der Waals surface area contributed by atoms with Crippen molar-refractivity contribution in [2.75, 3.05) is 5.32 Å². The first-order chi connectivity index (χ1) is 10.3. The highest BCUT2D eigenvalue weighted by atomic mass is 16.1. The topological polar surface area (TPSA) is 54.9 Å². The number of rotatable bonds is 4. The third-order valence-electron chi connectivity index (χ3n) is 4.33. The van der Waals surface area contributed by atoms with E-state index in [0.717, 1.165) is 23.1 Å². The Balaban J connectivity index is 1.61. The summed E-state index contributed by atoms with van der Waals surface area (Å²) in [6.45, 7) is 0. The number of carbonyl (C=O) groups is 1. The summed E-state index contributed by atoms with van der Waals surface area (Å²) in [4.78, 5) is 12.1. The number of anilines is 1. The van der Waals surface area contributed by atoms with Gasteiger partial charge >= 0.3 is 0 Å². The van der Waals surface area contributed by atoms with Crippen LogP contribution in [0.3, 0.4) is 0 Å². The Morgan fingerprint density at radius 2 is 2.00 bits per heavy atom. The number of fused-ring (bicyclic) bond motifs is 1. The third-order valence-corrected chi connectivity index (χ3v) is 4.33. The SMILES string of the molecule is O=C(CCC1CCCCC1)Nc1nncc2ccccc12. The zero-order valence-corrected chi connectivity index (χ0v) is 12.2. The lowest BCUT2D eigenvalue weighted by Gasteiger charge is -2.20. The summed E-state index contributed by atoms with van der Waals surface area (Å²) in [7, 11) is 0. The molecule has 1 heterocycles. The van der Waals surface area contributed by atoms with Gasteiger partial charge in [0, 0.05) is 17.2 Å². The minimum Gasteiger partial charge on any atom is -0.309 e. The van der Waals surface area contributed by atoms with E-state index in [-0.39, 0.29) is 5.91 Å². The molecule has 0 aliphatic heterocycles. The smallest absolute Gasteiger partial charge is 0.225 e. The summed E-state index contributed by atoms with van der Waals surface area (Å²) >= 11 is 0. The summed E-state index contributed by atoms with van der Waals surface area (Å²) < 4.78 is 0. The monoisotopic (exact) mass is 283 g/mol. The Morgan fingerprint density at radius 3 is 2.86 bits per heavy atom. The van der Waals surface area contributed by atoms with Crippen LogP contribution in [-0.4, -0.2) is 16.1 Å². The van der Waals surface area contributed by atoms with E-state index in [9.17, 15) is 4.79 Å². The highest BCUT2D eigenvalue weighted by molar-refractivity contribution is 5.99. The Labute approximate surface area is 125 Å². The molecule has 1 amide bonds. The number of amides is 1. The van der Waals surface area contributed by atoms with Crippen LogP contribution in [0.1, 0.15) is 44.9 Å². The van der Waals surface area contributed by atoms with E-state index in [4.69, 9.17) is 0 Å². The fraction of sp³-hybridized carbons (Fsp3) is 0.471. The first-order valence-electron chi connectivity index (χ1n) is 7.83. The van der Waals surface area contributed by atoms with E-state index in [0.29, 0.717) is 12.2 Å². The lowest BCUT2D eigenvalue weighted by Crippen LogP contribution is -2.16. The summed E-state index contributed by atoms with van der Waals surface area (Å²) in [6.07, 6.45) is 9.84. The summed E-state index contributed by atoms with van der Waals surface area (Å²) in [5.74, 6) is 1.34. The number of nitrogens with one attached hydrogen (secondary N) is 1. The van der Waals surface area contributed by atoms with E-state index in [1.165, 1.54) is 32.1 Å². The van der Waals surface area contributed by atoms with Gasteiger partial charge in [-0.2, -0.15) is 5.10 Å². The third kappa shape index (κ3) is 3.57. The molecule has 4 nitrogen and oxygen atoms in total. The molecule has 2 aromatic rings. The van der Waals surface area contributed by atoms with Crippen molar-refractivity contribution in [2.45, 2.75) is 44.9 Å². The second kappa shape index (κ2) is 6.66. The average molecular weight is 283 g/mol. The van der Waals surface area contributed by atoms with Gasteiger partial charge in [-0.1, -0.05) is 56.4 Å². The predicted molar refractivity (Wildman–Crippen MR) is 84.0 cm³/mol. The van der Waals surface area contributed by atoms with Crippen molar-refractivity contribution in [3.63, 3.8) is 0 Å². The quantitative estimate of drug-likeness (QED) is 0.925. The normalized spacial score (nSPS) is 16.0. The Morgan fingerprint density at radius 1 is 1.19 bits per heavy atom. The molecule has 0 unspecified atom stereocenters. The maximum atomic E-state index is 12.1. The maximum absolute atomic E-state index is 12.1. The fourth-order valence-corrected chi connectivity index (χ4v) is 3.13. The Bertz CT molecular complexity index is 615. The van der Waals surface area contributed by atoms with Gasteiger partial charge in [-0.15, -0.1) is 5.10 Å². The van der Waals surface area contributed by atoms with Crippen molar-refractivity contribution in [3.8, 4) is 0 Å². The molecule has 1 aliphatic rings. The van der Waals surface area contributed by atoms with Crippen LogP contribution < -0.4 is 5.32 Å². The molecule has 3 rings (SSSR count). The number of carbonyl (C=O) groups excluding carboxylic acids is 1. The van der Waals surface area contributed by atoms with E-state index < -0.39 is 0 Å². The molecule has 1 aromatic carbocycles. The van der Waals surface area contributed by atoms with Crippen LogP contribution in [0.25, 0.3) is 10.8 Å². The zero-order valence-electron chi connectivity index (χ0n) is 12.2. The second-order valence-corrected chi connectivity index (χ2v) is 5.87. The summed E-state index contributed by atoms with van der Waals surface area (Å²) in [5, 5.41) is 12.9. The largest absolute Gasteiger partial charge is 0.309 e.